The van der Waals surface area contributed by atoms with E-state index in [1.807, 2.05) is 37.3 Å². The van der Waals surface area contributed by atoms with Crippen molar-refractivity contribution in [2.45, 2.75) is 32.5 Å². The Kier molecular flexibility index (Phi) is 5.61. The number of methoxy groups -OCH3 is 2. The molecule has 3 aromatic rings. The smallest absolute Gasteiger partial charge is 0.277 e. The number of aryl methyl sites for hydroxylation is 1. The fourth-order valence-corrected chi connectivity index (χ4v) is 4.03. The zero-order chi connectivity index (χ0) is 22.9. The maximum atomic E-state index is 13.6. The number of fused-ring (bicyclic) bond motifs is 1. The number of nitrogens with zero attached hydrogens (tertiary/aromatic N) is 3. The van der Waals surface area contributed by atoms with Gasteiger partial charge in [0.1, 0.15) is 22.7 Å². The molecular formula is C24H26N4O4. The average Bonchev–Trinajstić information content (AvgIpc) is 3.18. The number of anilines is 1. The molecule has 0 aliphatic carbocycles. The fraction of sp³-hybridized carbons (Fsp3) is 0.292. The summed E-state index contributed by atoms with van der Waals surface area (Å²) in [5, 5.41) is 7.42. The van der Waals surface area contributed by atoms with Crippen molar-refractivity contribution in [1.29, 1.82) is 0 Å². The number of amides is 2. The molecule has 8 heteroatoms. The van der Waals surface area contributed by atoms with Gasteiger partial charge in [-0.2, -0.15) is 5.10 Å². The first-order chi connectivity index (χ1) is 15.4. The SMILES string of the molecule is COc1ccc(N2C(=O)c3cc(C)nn3C[C@]2(C)C(=O)NCc2ccccc2)c(OC)c1. The summed E-state index contributed by atoms with van der Waals surface area (Å²) >= 11 is 0. The number of carbonyl (C=O) groups is 2. The Morgan fingerprint density at radius 3 is 2.56 bits per heavy atom. The van der Waals surface area contributed by atoms with Crippen LogP contribution in [-0.2, 0) is 17.9 Å². The van der Waals surface area contributed by atoms with Crippen LogP contribution in [0.1, 0.15) is 28.7 Å². The van der Waals surface area contributed by atoms with Gasteiger partial charge in [-0.25, -0.2) is 0 Å². The highest BCUT2D eigenvalue weighted by Gasteiger charge is 2.49. The van der Waals surface area contributed by atoms with Crippen LogP contribution < -0.4 is 19.7 Å². The van der Waals surface area contributed by atoms with Gasteiger partial charge in [-0.05, 0) is 37.6 Å². The summed E-state index contributed by atoms with van der Waals surface area (Å²) in [6.07, 6.45) is 0. The zero-order valence-corrected chi connectivity index (χ0v) is 18.6. The Morgan fingerprint density at radius 1 is 1.12 bits per heavy atom. The normalized spacial score (nSPS) is 17.6. The van der Waals surface area contributed by atoms with Gasteiger partial charge in [0.2, 0.25) is 5.91 Å². The first kappa shape index (κ1) is 21.4. The molecule has 2 aromatic carbocycles. The van der Waals surface area contributed by atoms with Crippen LogP contribution in [0.5, 0.6) is 11.5 Å². The van der Waals surface area contributed by atoms with E-state index in [0.29, 0.717) is 35.1 Å². The molecule has 0 saturated carbocycles. The molecule has 1 aliphatic rings. The van der Waals surface area contributed by atoms with Gasteiger partial charge in [0.25, 0.3) is 5.91 Å². The Morgan fingerprint density at radius 2 is 1.88 bits per heavy atom. The number of hydrogen-bond acceptors (Lipinski definition) is 5. The van der Waals surface area contributed by atoms with Crippen LogP contribution in [-0.4, -0.2) is 41.4 Å². The van der Waals surface area contributed by atoms with Gasteiger partial charge in [-0.15, -0.1) is 0 Å². The van der Waals surface area contributed by atoms with Crippen molar-refractivity contribution in [2.24, 2.45) is 0 Å². The Labute approximate surface area is 186 Å². The summed E-state index contributed by atoms with van der Waals surface area (Å²) in [6.45, 7) is 4.12. The number of hydrogen-bond donors (Lipinski definition) is 1. The van der Waals surface area contributed by atoms with Crippen molar-refractivity contribution >= 4 is 17.5 Å². The molecule has 0 spiro atoms. The number of nitrogens with one attached hydrogen (secondary N) is 1. The number of rotatable bonds is 6. The van der Waals surface area contributed by atoms with E-state index in [2.05, 4.69) is 10.4 Å². The second-order valence-corrected chi connectivity index (χ2v) is 7.95. The predicted octanol–water partition coefficient (Wildman–Crippen LogP) is 2.94. The van der Waals surface area contributed by atoms with Crippen molar-refractivity contribution in [2.75, 3.05) is 19.1 Å². The molecule has 1 atom stereocenters. The molecule has 1 aromatic heterocycles. The zero-order valence-electron chi connectivity index (χ0n) is 18.6. The molecule has 166 valence electrons. The largest absolute Gasteiger partial charge is 0.497 e. The third kappa shape index (κ3) is 3.68. The topological polar surface area (TPSA) is 85.7 Å². The van der Waals surface area contributed by atoms with E-state index in [9.17, 15) is 9.59 Å². The maximum Gasteiger partial charge on any atom is 0.277 e. The molecule has 0 bridgehead atoms. The lowest BCUT2D eigenvalue weighted by molar-refractivity contribution is -0.126. The van der Waals surface area contributed by atoms with Gasteiger partial charge < -0.3 is 14.8 Å². The molecule has 8 nitrogen and oxygen atoms in total. The number of benzene rings is 2. The lowest BCUT2D eigenvalue weighted by Crippen LogP contribution is -2.64. The van der Waals surface area contributed by atoms with Crippen LogP contribution in [0.25, 0.3) is 0 Å². The van der Waals surface area contributed by atoms with E-state index in [-0.39, 0.29) is 18.4 Å². The number of carbonyl (C=O) groups excluding carboxylic acids is 2. The van der Waals surface area contributed by atoms with Crippen molar-refractivity contribution in [3.05, 3.63) is 71.5 Å². The molecule has 0 unspecified atom stereocenters. The highest BCUT2D eigenvalue weighted by molar-refractivity contribution is 6.12. The second kappa shape index (κ2) is 8.37. The molecule has 1 aliphatic heterocycles. The standard InChI is InChI=1S/C24H26N4O4/c1-16-12-20-22(29)28(19-11-10-18(31-3)13-21(19)32-4)24(2,15-27(20)26-16)23(30)25-14-17-8-6-5-7-9-17/h5-13H,14-15H2,1-4H3,(H,25,30)/t24-/m1/s1. The first-order valence-electron chi connectivity index (χ1n) is 10.3. The number of ether oxygens (including phenoxy) is 2. The Hall–Kier alpha value is -3.81. The van der Waals surface area contributed by atoms with E-state index >= 15 is 0 Å². The summed E-state index contributed by atoms with van der Waals surface area (Å²) in [6, 6.07) is 16.5. The van der Waals surface area contributed by atoms with Crippen LogP contribution in [0.4, 0.5) is 5.69 Å². The van der Waals surface area contributed by atoms with Crippen molar-refractivity contribution < 1.29 is 19.1 Å². The highest BCUT2D eigenvalue weighted by atomic mass is 16.5. The summed E-state index contributed by atoms with van der Waals surface area (Å²) < 4.78 is 12.5. The maximum absolute atomic E-state index is 13.6. The fourth-order valence-electron chi connectivity index (χ4n) is 4.03. The van der Waals surface area contributed by atoms with Crippen LogP contribution in [0, 0.1) is 6.92 Å². The molecule has 0 fully saturated rings. The minimum absolute atomic E-state index is 0.206. The minimum atomic E-state index is -1.24. The summed E-state index contributed by atoms with van der Waals surface area (Å²) in [5.74, 6) is 0.416. The second-order valence-electron chi connectivity index (χ2n) is 7.95. The predicted molar refractivity (Wildman–Crippen MR) is 120 cm³/mol. The third-order valence-corrected chi connectivity index (χ3v) is 5.69. The average molecular weight is 434 g/mol. The van der Waals surface area contributed by atoms with Gasteiger partial charge in [0.15, 0.2) is 0 Å². The molecule has 1 N–H and O–H groups in total. The van der Waals surface area contributed by atoms with Crippen molar-refractivity contribution in [1.82, 2.24) is 15.1 Å². The van der Waals surface area contributed by atoms with E-state index in [1.165, 1.54) is 12.0 Å². The monoisotopic (exact) mass is 434 g/mol. The molecule has 2 amide bonds. The van der Waals surface area contributed by atoms with Crippen LogP contribution in [0.2, 0.25) is 0 Å². The summed E-state index contributed by atoms with van der Waals surface area (Å²) in [7, 11) is 3.08. The highest BCUT2D eigenvalue weighted by Crippen LogP contribution is 2.39. The quantitative estimate of drug-likeness (QED) is 0.645. The molecule has 32 heavy (non-hydrogen) atoms. The van der Waals surface area contributed by atoms with Gasteiger partial charge in [0, 0.05) is 12.6 Å². The van der Waals surface area contributed by atoms with Gasteiger partial charge in [-0.3, -0.25) is 19.2 Å². The molecular weight excluding hydrogens is 408 g/mol. The van der Waals surface area contributed by atoms with E-state index in [0.717, 1.165) is 5.56 Å². The molecule has 4 rings (SSSR count). The van der Waals surface area contributed by atoms with Crippen LogP contribution in [0.3, 0.4) is 0 Å². The van der Waals surface area contributed by atoms with E-state index < -0.39 is 5.54 Å². The van der Waals surface area contributed by atoms with Gasteiger partial charge in [-0.1, -0.05) is 30.3 Å². The molecule has 2 heterocycles. The Balaban J connectivity index is 1.77. The van der Waals surface area contributed by atoms with Gasteiger partial charge >= 0.3 is 0 Å². The first-order valence-corrected chi connectivity index (χ1v) is 10.3. The van der Waals surface area contributed by atoms with Crippen molar-refractivity contribution in [3.63, 3.8) is 0 Å². The van der Waals surface area contributed by atoms with Crippen LogP contribution in [0.15, 0.2) is 54.6 Å². The van der Waals surface area contributed by atoms with Crippen LogP contribution >= 0.6 is 0 Å². The lowest BCUT2D eigenvalue weighted by Gasteiger charge is -2.43. The Bertz CT molecular complexity index is 1160. The van der Waals surface area contributed by atoms with Crippen molar-refractivity contribution in [3.8, 4) is 11.5 Å². The van der Waals surface area contributed by atoms with E-state index in [4.69, 9.17) is 9.47 Å². The molecule has 0 saturated heterocycles. The van der Waals surface area contributed by atoms with Gasteiger partial charge in [0.05, 0.1) is 32.1 Å². The summed E-state index contributed by atoms with van der Waals surface area (Å²) in [5.41, 5.74) is 1.35. The van der Waals surface area contributed by atoms with E-state index in [1.54, 1.807) is 43.0 Å². The lowest BCUT2D eigenvalue weighted by atomic mass is 9.93. The molecule has 0 radical (unpaired) electrons. The third-order valence-electron chi connectivity index (χ3n) is 5.69. The summed E-state index contributed by atoms with van der Waals surface area (Å²) in [4.78, 5) is 28.7. The number of aromatic nitrogens is 2. The minimum Gasteiger partial charge on any atom is -0.497 e.